The second kappa shape index (κ2) is 9.04. The number of imidazole rings is 1. The van der Waals surface area contributed by atoms with Crippen LogP contribution in [0.2, 0.25) is 0 Å². The van der Waals surface area contributed by atoms with Crippen LogP contribution in [0.15, 0.2) is 36.7 Å². The van der Waals surface area contributed by atoms with Gasteiger partial charge in [0.1, 0.15) is 11.3 Å². The molecule has 0 aliphatic carbocycles. The zero-order chi connectivity index (χ0) is 22.9. The highest BCUT2D eigenvalue weighted by atomic mass is 16.5. The molecule has 2 aliphatic rings. The number of carbonyl (C=O) groups excluding carboxylic acids is 1. The van der Waals surface area contributed by atoms with Gasteiger partial charge < -0.3 is 19.1 Å². The van der Waals surface area contributed by atoms with Crippen molar-refractivity contribution < 1.29 is 9.53 Å². The molecule has 2 saturated heterocycles. The zero-order valence-electron chi connectivity index (χ0n) is 19.8. The van der Waals surface area contributed by atoms with Crippen LogP contribution >= 0.6 is 0 Å². The van der Waals surface area contributed by atoms with Crippen LogP contribution in [0.5, 0.6) is 5.75 Å². The van der Waals surface area contributed by atoms with Crippen molar-refractivity contribution in [1.29, 1.82) is 0 Å². The first-order valence-electron chi connectivity index (χ1n) is 12.1. The van der Waals surface area contributed by atoms with Gasteiger partial charge in [0.2, 0.25) is 0 Å². The van der Waals surface area contributed by atoms with Gasteiger partial charge in [-0.2, -0.15) is 0 Å². The molecular weight excluding hydrogens is 414 g/mol. The number of benzene rings is 1. The van der Waals surface area contributed by atoms with E-state index in [-0.39, 0.29) is 5.91 Å². The van der Waals surface area contributed by atoms with Crippen molar-refractivity contribution in [3.05, 3.63) is 47.9 Å². The lowest BCUT2D eigenvalue weighted by Gasteiger charge is -2.32. The van der Waals surface area contributed by atoms with Gasteiger partial charge in [-0.05, 0) is 57.7 Å². The summed E-state index contributed by atoms with van der Waals surface area (Å²) in [5.74, 6) is 2.05. The number of fused-ring (bicyclic) bond motifs is 1. The minimum Gasteiger partial charge on any atom is -0.496 e. The highest BCUT2D eigenvalue weighted by Crippen LogP contribution is 2.35. The van der Waals surface area contributed by atoms with Gasteiger partial charge in [0.25, 0.3) is 5.91 Å². The third kappa shape index (κ3) is 4.05. The van der Waals surface area contributed by atoms with Crippen molar-refractivity contribution in [2.45, 2.75) is 51.5 Å². The quantitative estimate of drug-likeness (QED) is 0.570. The number of aromatic nitrogens is 3. The van der Waals surface area contributed by atoms with Crippen molar-refractivity contribution in [2.24, 2.45) is 0 Å². The molecule has 0 atom stereocenters. The van der Waals surface area contributed by atoms with Gasteiger partial charge in [0.05, 0.1) is 24.5 Å². The van der Waals surface area contributed by atoms with E-state index in [1.165, 1.54) is 18.4 Å². The molecule has 2 aromatic heterocycles. The van der Waals surface area contributed by atoms with Crippen LogP contribution in [0.3, 0.4) is 0 Å². The third-order valence-electron chi connectivity index (χ3n) is 7.06. The van der Waals surface area contributed by atoms with Gasteiger partial charge in [0, 0.05) is 43.8 Å². The summed E-state index contributed by atoms with van der Waals surface area (Å²) in [4.78, 5) is 27.4. The van der Waals surface area contributed by atoms with E-state index in [2.05, 4.69) is 29.4 Å². The molecule has 7 heteroatoms. The molecular formula is C26H33N5O2. The molecule has 5 rings (SSSR count). The van der Waals surface area contributed by atoms with Gasteiger partial charge in [-0.1, -0.05) is 12.1 Å². The Balaban J connectivity index is 1.40. The molecule has 0 radical (unpaired) electrons. The molecule has 0 spiro atoms. The molecule has 2 fully saturated rings. The number of ether oxygens (including phenoxy) is 1. The molecule has 0 bridgehead atoms. The van der Waals surface area contributed by atoms with Gasteiger partial charge in [-0.3, -0.25) is 4.79 Å². The molecule has 0 N–H and O–H groups in total. The first-order valence-corrected chi connectivity index (χ1v) is 12.1. The lowest BCUT2D eigenvalue weighted by Crippen LogP contribution is -2.38. The molecule has 174 valence electrons. The van der Waals surface area contributed by atoms with Crippen LogP contribution in [0.25, 0.3) is 11.0 Å². The number of nitrogens with zero attached hydrogens (tertiary/aromatic N) is 5. The number of anilines is 1. The highest BCUT2D eigenvalue weighted by Gasteiger charge is 2.29. The number of carbonyl (C=O) groups is 1. The molecule has 1 amide bonds. The lowest BCUT2D eigenvalue weighted by atomic mass is 9.92. The van der Waals surface area contributed by atoms with E-state index in [0.29, 0.717) is 23.3 Å². The molecule has 2 aliphatic heterocycles. The maximum Gasteiger partial charge on any atom is 0.257 e. The number of para-hydroxylation sites is 1. The summed E-state index contributed by atoms with van der Waals surface area (Å²) in [5.41, 5.74) is 3.95. The predicted molar refractivity (Wildman–Crippen MR) is 130 cm³/mol. The van der Waals surface area contributed by atoms with Crippen molar-refractivity contribution in [1.82, 2.24) is 19.4 Å². The van der Waals surface area contributed by atoms with Gasteiger partial charge in [-0.15, -0.1) is 0 Å². The summed E-state index contributed by atoms with van der Waals surface area (Å²) in [6, 6.07) is 10.1. The van der Waals surface area contributed by atoms with Crippen LogP contribution in [0.4, 0.5) is 5.82 Å². The molecule has 4 heterocycles. The monoisotopic (exact) mass is 447 g/mol. The Morgan fingerprint density at radius 3 is 2.52 bits per heavy atom. The van der Waals surface area contributed by atoms with Crippen molar-refractivity contribution >= 4 is 22.8 Å². The SMILES string of the molecule is COc1ccccc1C(=O)N1CCC(c2cc3c(ncn3C(C)C)c(N3CCCC3)n2)CC1. The van der Waals surface area contributed by atoms with Crippen LogP contribution in [-0.4, -0.2) is 58.6 Å². The average Bonchev–Trinajstić information content (AvgIpc) is 3.53. The average molecular weight is 448 g/mol. The molecule has 33 heavy (non-hydrogen) atoms. The smallest absolute Gasteiger partial charge is 0.257 e. The van der Waals surface area contributed by atoms with Crippen LogP contribution in [0.1, 0.15) is 67.5 Å². The Morgan fingerprint density at radius 2 is 1.82 bits per heavy atom. The Kier molecular flexibility index (Phi) is 5.96. The first-order chi connectivity index (χ1) is 16.1. The lowest BCUT2D eigenvalue weighted by molar-refractivity contribution is 0.0708. The fourth-order valence-electron chi connectivity index (χ4n) is 5.17. The normalized spacial score (nSPS) is 17.3. The van der Waals surface area contributed by atoms with E-state index < -0.39 is 0 Å². The topological polar surface area (TPSA) is 63.5 Å². The number of methoxy groups -OCH3 is 1. The number of pyridine rings is 1. The number of amides is 1. The highest BCUT2D eigenvalue weighted by molar-refractivity contribution is 5.97. The second-order valence-electron chi connectivity index (χ2n) is 9.44. The Labute approximate surface area is 195 Å². The van der Waals surface area contributed by atoms with Gasteiger partial charge in [-0.25, -0.2) is 9.97 Å². The number of rotatable bonds is 5. The van der Waals surface area contributed by atoms with Crippen LogP contribution in [0, 0.1) is 0 Å². The predicted octanol–water partition coefficient (Wildman–Crippen LogP) is 4.64. The van der Waals surface area contributed by atoms with E-state index in [9.17, 15) is 4.79 Å². The number of hydrogen-bond donors (Lipinski definition) is 0. The summed E-state index contributed by atoms with van der Waals surface area (Å²) in [6.07, 6.45) is 6.20. The van der Waals surface area contributed by atoms with Gasteiger partial charge in [0.15, 0.2) is 5.82 Å². The fraction of sp³-hybridized carbons (Fsp3) is 0.500. The van der Waals surface area contributed by atoms with E-state index in [1.54, 1.807) is 7.11 Å². The summed E-state index contributed by atoms with van der Waals surface area (Å²) >= 11 is 0. The van der Waals surface area contributed by atoms with E-state index in [1.807, 2.05) is 35.5 Å². The number of piperidine rings is 1. The zero-order valence-corrected chi connectivity index (χ0v) is 19.8. The standard InChI is InChI=1S/C26H33N5O2/c1-18(2)31-17-27-24-22(31)16-21(28-25(24)29-12-6-7-13-29)19-10-14-30(15-11-19)26(32)20-8-4-5-9-23(20)33-3/h4-5,8-9,16-19H,6-7,10-15H2,1-3H3. The van der Waals surface area contributed by atoms with Crippen LogP contribution in [-0.2, 0) is 0 Å². The fourth-order valence-corrected chi connectivity index (χ4v) is 5.17. The number of likely N-dealkylation sites (tertiary alicyclic amines) is 1. The maximum absolute atomic E-state index is 13.1. The molecule has 0 saturated carbocycles. The van der Waals surface area contributed by atoms with Gasteiger partial charge >= 0.3 is 0 Å². The summed E-state index contributed by atoms with van der Waals surface area (Å²) in [6.45, 7) is 7.93. The largest absolute Gasteiger partial charge is 0.496 e. The van der Waals surface area contributed by atoms with E-state index in [4.69, 9.17) is 14.7 Å². The molecule has 3 aromatic rings. The Morgan fingerprint density at radius 1 is 1.09 bits per heavy atom. The minimum atomic E-state index is 0.0463. The van der Waals surface area contributed by atoms with Crippen molar-refractivity contribution in [2.75, 3.05) is 38.2 Å². The third-order valence-corrected chi connectivity index (χ3v) is 7.06. The molecule has 7 nitrogen and oxygen atoms in total. The van der Waals surface area contributed by atoms with E-state index in [0.717, 1.165) is 56.0 Å². The van der Waals surface area contributed by atoms with Crippen molar-refractivity contribution in [3.63, 3.8) is 0 Å². The number of hydrogen-bond acceptors (Lipinski definition) is 5. The van der Waals surface area contributed by atoms with Crippen LogP contribution < -0.4 is 9.64 Å². The first kappa shape index (κ1) is 21.7. The summed E-state index contributed by atoms with van der Waals surface area (Å²) in [5, 5.41) is 0. The minimum absolute atomic E-state index is 0.0463. The maximum atomic E-state index is 13.1. The Hall–Kier alpha value is -3.09. The Bertz CT molecular complexity index is 1140. The van der Waals surface area contributed by atoms with E-state index >= 15 is 0 Å². The summed E-state index contributed by atoms with van der Waals surface area (Å²) < 4.78 is 7.65. The summed E-state index contributed by atoms with van der Waals surface area (Å²) in [7, 11) is 1.61. The molecule has 1 aromatic carbocycles. The van der Waals surface area contributed by atoms with Crippen molar-refractivity contribution in [3.8, 4) is 5.75 Å². The second-order valence-corrected chi connectivity index (χ2v) is 9.44. The molecule has 0 unspecified atom stereocenters.